The van der Waals surface area contributed by atoms with E-state index in [-0.39, 0.29) is 18.4 Å². The summed E-state index contributed by atoms with van der Waals surface area (Å²) in [6, 6.07) is 3.11. The minimum absolute atomic E-state index is 0.000439. The highest BCUT2D eigenvalue weighted by Gasteiger charge is 2.07. The largest absolute Gasteiger partial charge is 0.506 e. The van der Waals surface area contributed by atoms with Crippen molar-refractivity contribution in [3.05, 3.63) is 27.2 Å². The zero-order valence-electron chi connectivity index (χ0n) is 9.94. The molecule has 0 fully saturated rings. The summed E-state index contributed by atoms with van der Waals surface area (Å²) in [5.74, 6) is 1.04. The van der Waals surface area contributed by atoms with Crippen molar-refractivity contribution in [2.75, 3.05) is 18.6 Å². The predicted octanol–water partition coefficient (Wildman–Crippen LogP) is 3.34. The van der Waals surface area contributed by atoms with E-state index in [4.69, 9.17) is 11.6 Å². The van der Waals surface area contributed by atoms with Gasteiger partial charge in [-0.15, -0.1) is 0 Å². The van der Waals surface area contributed by atoms with Crippen LogP contribution in [-0.4, -0.2) is 41.1 Å². The van der Waals surface area contributed by atoms with Gasteiger partial charge in [-0.3, -0.25) is 4.99 Å². The van der Waals surface area contributed by atoms with Gasteiger partial charge in [0.05, 0.1) is 17.1 Å². The topological polar surface area (TPSA) is 52.8 Å². The summed E-state index contributed by atoms with van der Waals surface area (Å²) in [5, 5.41) is 19.5. The molecule has 0 bridgehead atoms. The second-order valence-corrected chi connectivity index (χ2v) is 6.00. The molecule has 3 nitrogen and oxygen atoms in total. The Balaban J connectivity index is 2.82. The van der Waals surface area contributed by atoms with Crippen molar-refractivity contribution < 1.29 is 10.2 Å². The van der Waals surface area contributed by atoms with Crippen LogP contribution in [0.4, 0.5) is 0 Å². The van der Waals surface area contributed by atoms with Crippen molar-refractivity contribution in [1.29, 1.82) is 0 Å². The fraction of sp³-hybridized carbons (Fsp3) is 0.417. The van der Waals surface area contributed by atoms with E-state index in [9.17, 15) is 10.2 Å². The number of phenols is 1. The second-order valence-electron chi connectivity index (χ2n) is 3.72. The van der Waals surface area contributed by atoms with Gasteiger partial charge >= 0.3 is 0 Å². The highest BCUT2D eigenvalue weighted by molar-refractivity contribution is 9.10. The van der Waals surface area contributed by atoms with Crippen LogP contribution in [0.25, 0.3) is 0 Å². The van der Waals surface area contributed by atoms with Gasteiger partial charge in [-0.2, -0.15) is 11.8 Å². The van der Waals surface area contributed by atoms with Gasteiger partial charge in [0.15, 0.2) is 0 Å². The van der Waals surface area contributed by atoms with Gasteiger partial charge in [0.1, 0.15) is 5.75 Å². The number of phenolic OH excluding ortho intramolecular Hbond substituents is 1. The lowest BCUT2D eigenvalue weighted by atomic mass is 10.2. The Hall–Kier alpha value is -0.230. The number of hydrogen-bond donors (Lipinski definition) is 2. The molecule has 0 aliphatic heterocycles. The molecular weight excluding hydrogens is 338 g/mol. The number of benzene rings is 1. The maximum absolute atomic E-state index is 9.82. The summed E-state index contributed by atoms with van der Waals surface area (Å²) < 4.78 is 0.529. The Morgan fingerprint density at radius 3 is 2.89 bits per heavy atom. The van der Waals surface area contributed by atoms with E-state index >= 15 is 0 Å². The molecule has 0 saturated carbocycles. The summed E-state index contributed by atoms with van der Waals surface area (Å²) in [5.41, 5.74) is 0.539. The molecule has 6 heteroatoms. The second kappa shape index (κ2) is 8.04. The Morgan fingerprint density at radius 1 is 1.56 bits per heavy atom. The van der Waals surface area contributed by atoms with Crippen LogP contribution < -0.4 is 0 Å². The number of nitrogens with zero attached hydrogens (tertiary/aromatic N) is 1. The van der Waals surface area contributed by atoms with E-state index in [0.29, 0.717) is 15.1 Å². The lowest BCUT2D eigenvalue weighted by Crippen LogP contribution is -2.11. The minimum atomic E-state index is -0.144. The molecule has 0 amide bonds. The Morgan fingerprint density at radius 2 is 2.28 bits per heavy atom. The third-order valence-electron chi connectivity index (χ3n) is 2.35. The highest BCUT2D eigenvalue weighted by atomic mass is 79.9. The van der Waals surface area contributed by atoms with Crippen LogP contribution in [0.2, 0.25) is 5.02 Å². The molecule has 1 atom stereocenters. The first-order chi connectivity index (χ1) is 8.58. The molecule has 0 spiro atoms. The first-order valence-corrected chi connectivity index (χ1v) is 7.96. The normalized spacial score (nSPS) is 13.1. The SMILES string of the molecule is CSCC[C@@H](CO)N=Cc1cc(Cl)cc(Br)c1O. The van der Waals surface area contributed by atoms with E-state index in [1.54, 1.807) is 30.1 Å². The summed E-state index contributed by atoms with van der Waals surface area (Å²) in [4.78, 5) is 4.27. The average Bonchev–Trinajstić information content (AvgIpc) is 2.35. The third-order valence-corrected chi connectivity index (χ3v) is 3.81. The van der Waals surface area contributed by atoms with E-state index in [1.165, 1.54) is 0 Å². The first kappa shape index (κ1) is 15.8. The Kier molecular flexibility index (Phi) is 7.07. The van der Waals surface area contributed by atoms with Gasteiger partial charge in [0.2, 0.25) is 0 Å². The average molecular weight is 353 g/mol. The standard InChI is InChI=1S/C12H15BrClNO2S/c1-18-3-2-10(7-16)15-6-8-4-9(14)5-11(13)12(8)17/h4-6,10,16-17H,2-3,7H2,1H3/t10-/m0/s1. The number of aliphatic hydroxyl groups is 1. The summed E-state index contributed by atoms with van der Waals surface area (Å²) in [7, 11) is 0. The predicted molar refractivity (Wildman–Crippen MR) is 82.3 cm³/mol. The quantitative estimate of drug-likeness (QED) is 0.772. The van der Waals surface area contributed by atoms with Gasteiger partial charge in [-0.25, -0.2) is 0 Å². The molecule has 0 unspecified atom stereocenters. The fourth-order valence-electron chi connectivity index (χ4n) is 1.34. The highest BCUT2D eigenvalue weighted by Crippen LogP contribution is 2.30. The zero-order chi connectivity index (χ0) is 13.5. The van der Waals surface area contributed by atoms with Crippen LogP contribution >= 0.6 is 39.3 Å². The molecule has 0 aliphatic rings. The number of halogens is 2. The zero-order valence-corrected chi connectivity index (χ0v) is 13.1. The molecule has 0 radical (unpaired) electrons. The van der Waals surface area contributed by atoms with Gasteiger partial charge in [-0.1, -0.05) is 11.6 Å². The van der Waals surface area contributed by atoms with Crippen molar-refractivity contribution in [3.8, 4) is 5.75 Å². The fourth-order valence-corrected chi connectivity index (χ4v) is 2.68. The van der Waals surface area contributed by atoms with Crippen molar-refractivity contribution in [2.24, 2.45) is 4.99 Å². The number of aliphatic hydroxyl groups excluding tert-OH is 1. The maximum Gasteiger partial charge on any atom is 0.138 e. The lowest BCUT2D eigenvalue weighted by molar-refractivity contribution is 0.265. The first-order valence-electron chi connectivity index (χ1n) is 5.39. The van der Waals surface area contributed by atoms with Crippen LogP contribution in [0.1, 0.15) is 12.0 Å². The van der Waals surface area contributed by atoms with E-state index in [1.807, 2.05) is 6.26 Å². The number of rotatable bonds is 6. The van der Waals surface area contributed by atoms with Gasteiger partial charge in [0, 0.05) is 16.8 Å². The summed E-state index contributed by atoms with van der Waals surface area (Å²) in [6.45, 7) is -0.000439. The summed E-state index contributed by atoms with van der Waals surface area (Å²) >= 11 is 10.8. The minimum Gasteiger partial charge on any atom is -0.506 e. The van der Waals surface area contributed by atoms with Gasteiger partial charge in [0.25, 0.3) is 0 Å². The number of aliphatic imine (C=N–C) groups is 1. The van der Waals surface area contributed by atoms with E-state index in [0.717, 1.165) is 12.2 Å². The van der Waals surface area contributed by atoms with Crippen molar-refractivity contribution in [1.82, 2.24) is 0 Å². The Labute approximate surface area is 124 Å². The van der Waals surface area contributed by atoms with Crippen LogP contribution in [0.3, 0.4) is 0 Å². The van der Waals surface area contributed by atoms with Crippen LogP contribution in [0.5, 0.6) is 5.75 Å². The van der Waals surface area contributed by atoms with Crippen LogP contribution in [-0.2, 0) is 0 Å². The Bertz CT molecular complexity index is 429. The van der Waals surface area contributed by atoms with E-state index < -0.39 is 0 Å². The van der Waals surface area contributed by atoms with Crippen molar-refractivity contribution in [3.63, 3.8) is 0 Å². The van der Waals surface area contributed by atoms with Crippen LogP contribution in [0.15, 0.2) is 21.6 Å². The van der Waals surface area contributed by atoms with E-state index in [2.05, 4.69) is 20.9 Å². The van der Waals surface area contributed by atoms with Crippen LogP contribution in [0, 0.1) is 0 Å². The van der Waals surface area contributed by atoms with Gasteiger partial charge in [-0.05, 0) is 46.5 Å². The molecule has 2 N–H and O–H groups in total. The molecule has 0 aromatic heterocycles. The number of thioether (sulfide) groups is 1. The molecule has 0 saturated heterocycles. The molecular formula is C12H15BrClNO2S. The number of hydrogen-bond acceptors (Lipinski definition) is 4. The third kappa shape index (κ3) is 4.80. The molecule has 18 heavy (non-hydrogen) atoms. The molecule has 100 valence electrons. The van der Waals surface area contributed by atoms with Crippen molar-refractivity contribution >= 4 is 45.5 Å². The van der Waals surface area contributed by atoms with Gasteiger partial charge < -0.3 is 10.2 Å². The molecule has 1 rings (SSSR count). The molecule has 0 heterocycles. The lowest BCUT2D eigenvalue weighted by Gasteiger charge is -2.08. The molecule has 1 aromatic rings. The number of aromatic hydroxyl groups is 1. The van der Waals surface area contributed by atoms with Crippen molar-refractivity contribution in [2.45, 2.75) is 12.5 Å². The maximum atomic E-state index is 9.82. The molecule has 0 aliphatic carbocycles. The summed E-state index contributed by atoms with van der Waals surface area (Å²) in [6.07, 6.45) is 4.36. The molecule has 1 aromatic carbocycles. The smallest absolute Gasteiger partial charge is 0.138 e. The monoisotopic (exact) mass is 351 g/mol.